The first-order chi connectivity index (χ1) is 14.9. The van der Waals surface area contributed by atoms with Gasteiger partial charge < -0.3 is 9.64 Å². The van der Waals surface area contributed by atoms with Gasteiger partial charge in [0.1, 0.15) is 11.3 Å². The van der Waals surface area contributed by atoms with Crippen LogP contribution in [0, 0.1) is 0 Å². The lowest BCUT2D eigenvalue weighted by atomic mass is 9.96. The van der Waals surface area contributed by atoms with Gasteiger partial charge in [-0.25, -0.2) is 8.78 Å². The van der Waals surface area contributed by atoms with Crippen molar-refractivity contribution in [2.24, 2.45) is 0 Å². The van der Waals surface area contributed by atoms with Crippen LogP contribution in [-0.4, -0.2) is 41.9 Å². The fourth-order valence-electron chi connectivity index (χ4n) is 4.20. The zero-order valence-electron chi connectivity index (χ0n) is 16.9. The van der Waals surface area contributed by atoms with Crippen LogP contribution in [0.2, 0.25) is 0 Å². The van der Waals surface area contributed by atoms with Gasteiger partial charge in [-0.05, 0) is 58.3 Å². The lowest BCUT2D eigenvalue weighted by Crippen LogP contribution is -2.31. The molecule has 31 heavy (non-hydrogen) atoms. The van der Waals surface area contributed by atoms with Crippen LogP contribution in [0.5, 0.6) is 5.75 Å². The van der Waals surface area contributed by atoms with Crippen molar-refractivity contribution in [3.63, 3.8) is 0 Å². The van der Waals surface area contributed by atoms with Gasteiger partial charge in [0.05, 0.1) is 13.7 Å². The zero-order chi connectivity index (χ0) is 21.6. The third kappa shape index (κ3) is 3.48. The second-order valence-electron chi connectivity index (χ2n) is 7.82. The van der Waals surface area contributed by atoms with Gasteiger partial charge in [0.2, 0.25) is 0 Å². The summed E-state index contributed by atoms with van der Waals surface area (Å²) < 4.78 is 32.4. The van der Waals surface area contributed by atoms with Crippen molar-refractivity contribution in [2.45, 2.75) is 12.3 Å². The van der Waals surface area contributed by atoms with Gasteiger partial charge >= 0.3 is 0 Å². The Labute approximate surface area is 178 Å². The number of carbonyl (C=O) groups excluding carboxylic acids is 1. The van der Waals surface area contributed by atoms with E-state index in [0.717, 1.165) is 38.6 Å². The molecule has 4 nitrogen and oxygen atoms in total. The zero-order valence-corrected chi connectivity index (χ0v) is 16.9. The van der Waals surface area contributed by atoms with E-state index in [4.69, 9.17) is 4.74 Å². The molecular weight excluding hydrogens is 398 g/mol. The number of aromatic nitrogens is 1. The molecule has 4 aromatic rings. The second-order valence-corrected chi connectivity index (χ2v) is 7.82. The monoisotopic (exact) mass is 418 g/mol. The molecule has 3 aromatic carbocycles. The van der Waals surface area contributed by atoms with E-state index in [1.807, 2.05) is 42.5 Å². The number of nitrogens with zero attached hydrogens (tertiary/aromatic N) is 2. The lowest BCUT2D eigenvalue weighted by molar-refractivity contribution is 0.0120. The van der Waals surface area contributed by atoms with E-state index in [-0.39, 0.29) is 18.9 Å². The number of methoxy groups -OCH3 is 1. The Morgan fingerprint density at radius 1 is 1.06 bits per heavy atom. The highest BCUT2D eigenvalue weighted by Gasteiger charge is 2.40. The Kier molecular flexibility index (Phi) is 4.58. The number of rotatable bonds is 3. The van der Waals surface area contributed by atoms with Gasteiger partial charge in [-0.2, -0.15) is 0 Å². The Hall–Kier alpha value is -3.54. The maximum Gasteiger partial charge on any atom is 0.267 e. The summed E-state index contributed by atoms with van der Waals surface area (Å²) in [7, 11) is 1.63. The van der Waals surface area contributed by atoms with E-state index in [0.29, 0.717) is 5.56 Å². The fourth-order valence-corrected chi connectivity index (χ4v) is 4.20. The minimum absolute atomic E-state index is 0.0847. The molecule has 6 heteroatoms. The number of fused-ring (bicyclic) bond motifs is 2. The van der Waals surface area contributed by atoms with Gasteiger partial charge in [0, 0.05) is 30.1 Å². The molecular formula is C25H20F2N2O2. The molecule has 1 aromatic heterocycles. The molecule has 156 valence electrons. The molecule has 1 saturated heterocycles. The summed E-state index contributed by atoms with van der Waals surface area (Å²) in [5.74, 6) is -2.43. The van der Waals surface area contributed by atoms with Crippen LogP contribution in [0.25, 0.3) is 32.8 Å². The lowest BCUT2D eigenvalue weighted by Gasteiger charge is -2.16. The molecule has 0 spiro atoms. The number of carbonyl (C=O) groups is 1. The van der Waals surface area contributed by atoms with Crippen molar-refractivity contribution in [1.82, 2.24) is 9.88 Å². The number of likely N-dealkylation sites (tertiary alicyclic amines) is 1. The molecule has 0 bridgehead atoms. The number of hydrogen-bond acceptors (Lipinski definition) is 3. The van der Waals surface area contributed by atoms with Crippen molar-refractivity contribution >= 4 is 27.6 Å². The first-order valence-corrected chi connectivity index (χ1v) is 10.1. The average Bonchev–Trinajstić information content (AvgIpc) is 3.16. The van der Waals surface area contributed by atoms with Crippen molar-refractivity contribution in [2.75, 3.05) is 20.2 Å². The van der Waals surface area contributed by atoms with Gasteiger partial charge in [0.15, 0.2) is 0 Å². The smallest absolute Gasteiger partial charge is 0.267 e. The molecule has 0 unspecified atom stereocenters. The first-order valence-electron chi connectivity index (χ1n) is 10.1. The number of ether oxygens (including phenoxy) is 1. The fraction of sp³-hybridized carbons (Fsp3) is 0.200. The van der Waals surface area contributed by atoms with E-state index in [1.165, 1.54) is 4.90 Å². The molecule has 0 radical (unpaired) electrons. The predicted octanol–water partition coefficient (Wildman–Crippen LogP) is 5.54. The van der Waals surface area contributed by atoms with E-state index in [2.05, 4.69) is 11.1 Å². The summed E-state index contributed by atoms with van der Waals surface area (Å²) in [4.78, 5) is 18.3. The van der Waals surface area contributed by atoms with Crippen LogP contribution in [0.1, 0.15) is 16.8 Å². The van der Waals surface area contributed by atoms with Gasteiger partial charge in [0.25, 0.3) is 11.8 Å². The predicted molar refractivity (Wildman–Crippen MR) is 117 cm³/mol. The number of pyridine rings is 1. The molecule has 1 aliphatic rings. The van der Waals surface area contributed by atoms with E-state index in [1.54, 1.807) is 25.4 Å². The van der Waals surface area contributed by atoms with Crippen molar-refractivity contribution < 1.29 is 18.3 Å². The van der Waals surface area contributed by atoms with Crippen LogP contribution >= 0.6 is 0 Å². The third-order valence-electron chi connectivity index (χ3n) is 5.81. The molecule has 1 aliphatic heterocycles. The van der Waals surface area contributed by atoms with Gasteiger partial charge in [-0.15, -0.1) is 0 Å². The van der Waals surface area contributed by atoms with Crippen molar-refractivity contribution in [1.29, 1.82) is 0 Å². The van der Waals surface area contributed by atoms with Crippen molar-refractivity contribution in [3.8, 4) is 16.9 Å². The number of halogens is 2. The number of hydrogen-bond donors (Lipinski definition) is 0. The van der Waals surface area contributed by atoms with Crippen molar-refractivity contribution in [3.05, 3.63) is 72.4 Å². The maximum atomic E-state index is 13.5. The quantitative estimate of drug-likeness (QED) is 0.438. The second kappa shape index (κ2) is 7.30. The first kappa shape index (κ1) is 19.4. The highest BCUT2D eigenvalue weighted by atomic mass is 19.3. The average molecular weight is 418 g/mol. The third-order valence-corrected chi connectivity index (χ3v) is 5.81. The van der Waals surface area contributed by atoms with Gasteiger partial charge in [-0.1, -0.05) is 24.3 Å². The molecule has 2 heterocycles. The van der Waals surface area contributed by atoms with Crippen LogP contribution in [0.4, 0.5) is 8.78 Å². The van der Waals surface area contributed by atoms with Crippen LogP contribution in [-0.2, 0) is 0 Å². The molecule has 1 fully saturated rings. The number of amides is 1. The number of benzene rings is 3. The van der Waals surface area contributed by atoms with E-state index >= 15 is 0 Å². The molecule has 0 atom stereocenters. The number of alkyl halides is 2. The summed E-state index contributed by atoms with van der Waals surface area (Å²) >= 11 is 0. The molecule has 0 N–H and O–H groups in total. The topological polar surface area (TPSA) is 42.4 Å². The largest absolute Gasteiger partial charge is 0.494 e. The molecule has 5 rings (SSSR count). The highest BCUT2D eigenvalue weighted by Crippen LogP contribution is 2.35. The summed E-state index contributed by atoms with van der Waals surface area (Å²) in [6.45, 7) is -0.428. The van der Waals surface area contributed by atoms with Crippen LogP contribution < -0.4 is 4.74 Å². The standard InChI is InChI=1S/C25H20F2N2O2/c1-31-22-9-8-20(21-3-2-11-28-23(21)22)18-6-4-17-14-19(7-5-16(17)13-18)24(30)29-12-10-25(26,27)15-29/h2-9,11,13-14H,10,12,15H2,1H3. The summed E-state index contributed by atoms with van der Waals surface area (Å²) in [6, 6.07) is 19.2. The summed E-state index contributed by atoms with van der Waals surface area (Å²) in [5.41, 5.74) is 3.28. The highest BCUT2D eigenvalue weighted by molar-refractivity contribution is 6.02. The normalized spacial score (nSPS) is 15.5. The van der Waals surface area contributed by atoms with Gasteiger partial charge in [-0.3, -0.25) is 9.78 Å². The van der Waals surface area contributed by atoms with Crippen LogP contribution in [0.3, 0.4) is 0 Å². The van der Waals surface area contributed by atoms with E-state index < -0.39 is 12.5 Å². The molecule has 1 amide bonds. The van der Waals surface area contributed by atoms with E-state index in [9.17, 15) is 13.6 Å². The minimum atomic E-state index is -2.79. The van der Waals surface area contributed by atoms with Crippen LogP contribution in [0.15, 0.2) is 66.9 Å². The maximum absolute atomic E-state index is 13.5. The summed E-state index contributed by atoms with van der Waals surface area (Å²) in [5, 5.41) is 2.84. The molecule has 0 aliphatic carbocycles. The molecule has 0 saturated carbocycles. The Morgan fingerprint density at radius 2 is 1.87 bits per heavy atom. The Bertz CT molecular complexity index is 1320. The Morgan fingerprint density at radius 3 is 2.65 bits per heavy atom. The SMILES string of the molecule is COc1ccc(-c2ccc3cc(C(=O)N4CCC(F)(F)C4)ccc3c2)c2cccnc12. The summed E-state index contributed by atoms with van der Waals surface area (Å²) in [6.07, 6.45) is 1.46. The minimum Gasteiger partial charge on any atom is -0.494 e. The Balaban J connectivity index is 1.52.